The second-order valence-corrected chi connectivity index (χ2v) is 10.4. The maximum absolute atomic E-state index is 15.1. The Bertz CT molecular complexity index is 1750. The topological polar surface area (TPSA) is 115 Å². The van der Waals surface area contributed by atoms with Crippen LogP contribution in [0.25, 0.3) is 34.0 Å². The molecule has 2 N–H and O–H groups in total. The van der Waals surface area contributed by atoms with Gasteiger partial charge in [0.25, 0.3) is 11.8 Å². The monoisotopic (exact) mass is 579 g/mol. The van der Waals surface area contributed by atoms with Gasteiger partial charge in [-0.25, -0.2) is 9.18 Å². The molecule has 8 nitrogen and oxygen atoms in total. The van der Waals surface area contributed by atoms with E-state index in [1.807, 2.05) is 75.4 Å². The molecule has 0 radical (unpaired) electrons. The van der Waals surface area contributed by atoms with Gasteiger partial charge in [-0.15, -0.1) is 0 Å². The van der Waals surface area contributed by atoms with Crippen LogP contribution in [0.1, 0.15) is 35.3 Å². The van der Waals surface area contributed by atoms with Crippen molar-refractivity contribution < 1.29 is 28.3 Å². The van der Waals surface area contributed by atoms with Crippen molar-refractivity contribution in [2.75, 3.05) is 0 Å². The number of aryl methyl sites for hydroxylation is 1. The lowest BCUT2D eigenvalue weighted by molar-refractivity contribution is -0.139. The SMILES string of the molecule is Cc1ccc(-c2nc(-c3ccc(C[C@@H](NC(=O)c4cccc(-c5ccc(OC(C)C)cc5)c4)C(=O)O)cc3F)no2)cc1. The number of carboxylic acid groups (broad SMARTS) is 1. The number of carbonyl (C=O) groups excluding carboxylic acids is 1. The van der Waals surface area contributed by atoms with Crippen LogP contribution in [0.3, 0.4) is 0 Å². The molecule has 43 heavy (non-hydrogen) atoms. The van der Waals surface area contributed by atoms with Crippen molar-refractivity contribution in [1.82, 2.24) is 15.5 Å². The van der Waals surface area contributed by atoms with Crippen LogP contribution in [0.4, 0.5) is 4.39 Å². The Morgan fingerprint density at radius 1 is 0.930 bits per heavy atom. The van der Waals surface area contributed by atoms with Crippen LogP contribution in [0, 0.1) is 12.7 Å². The number of aromatic nitrogens is 2. The Hall–Kier alpha value is -5.31. The summed E-state index contributed by atoms with van der Waals surface area (Å²) in [5.41, 5.74) is 4.25. The molecule has 0 unspecified atom stereocenters. The number of hydrogen-bond donors (Lipinski definition) is 2. The van der Waals surface area contributed by atoms with E-state index in [4.69, 9.17) is 9.26 Å². The summed E-state index contributed by atoms with van der Waals surface area (Å²) in [5, 5.41) is 16.3. The van der Waals surface area contributed by atoms with Gasteiger partial charge in [-0.3, -0.25) is 4.79 Å². The fraction of sp³-hybridized carbons (Fsp3) is 0.176. The number of carbonyl (C=O) groups is 2. The Kier molecular flexibility index (Phi) is 8.61. The van der Waals surface area contributed by atoms with E-state index >= 15 is 4.39 Å². The van der Waals surface area contributed by atoms with E-state index in [0.29, 0.717) is 16.7 Å². The molecule has 218 valence electrons. The summed E-state index contributed by atoms with van der Waals surface area (Å²) in [6.07, 6.45) is -0.0755. The highest BCUT2D eigenvalue weighted by atomic mass is 19.1. The van der Waals surface area contributed by atoms with Gasteiger partial charge in [0, 0.05) is 17.5 Å². The number of halogens is 1. The second kappa shape index (κ2) is 12.7. The normalized spacial score (nSPS) is 11.7. The third-order valence-electron chi connectivity index (χ3n) is 6.73. The van der Waals surface area contributed by atoms with Gasteiger partial charge in [0.15, 0.2) is 0 Å². The average Bonchev–Trinajstić information content (AvgIpc) is 3.47. The molecule has 0 aliphatic carbocycles. The highest BCUT2D eigenvalue weighted by molar-refractivity contribution is 5.97. The summed E-state index contributed by atoms with van der Waals surface area (Å²) >= 11 is 0. The lowest BCUT2D eigenvalue weighted by atomic mass is 10.0. The van der Waals surface area contributed by atoms with Gasteiger partial charge in [0.1, 0.15) is 17.6 Å². The fourth-order valence-electron chi connectivity index (χ4n) is 4.53. The number of nitrogens with one attached hydrogen (secondary N) is 1. The van der Waals surface area contributed by atoms with Gasteiger partial charge in [0.2, 0.25) is 5.82 Å². The second-order valence-electron chi connectivity index (χ2n) is 10.4. The van der Waals surface area contributed by atoms with Gasteiger partial charge in [-0.05, 0) is 86.0 Å². The first-order valence-electron chi connectivity index (χ1n) is 13.8. The lowest BCUT2D eigenvalue weighted by Crippen LogP contribution is -2.42. The number of hydrogen-bond acceptors (Lipinski definition) is 6. The number of aliphatic carboxylic acids is 1. The quantitative estimate of drug-likeness (QED) is 0.189. The molecule has 0 spiro atoms. The van der Waals surface area contributed by atoms with Crippen molar-refractivity contribution in [1.29, 1.82) is 0 Å². The van der Waals surface area contributed by atoms with Crippen LogP contribution < -0.4 is 10.1 Å². The minimum Gasteiger partial charge on any atom is -0.491 e. The van der Waals surface area contributed by atoms with E-state index in [0.717, 1.165) is 22.4 Å². The number of amides is 1. The minimum absolute atomic E-state index is 0.0533. The van der Waals surface area contributed by atoms with E-state index in [9.17, 15) is 14.7 Å². The minimum atomic E-state index is -1.29. The third kappa shape index (κ3) is 7.13. The predicted molar refractivity (Wildman–Crippen MR) is 160 cm³/mol. The molecule has 0 saturated carbocycles. The standard InChI is InChI=1S/C34H30FN3O5/c1-20(2)42-27-14-12-23(13-15-27)25-5-4-6-26(19-25)32(39)36-30(34(40)41)18-22-9-16-28(29(35)17-22)31-37-33(43-38-31)24-10-7-21(3)8-11-24/h4-17,19-20,30H,18H2,1-3H3,(H,36,39)(H,40,41)/t30-/m1/s1. The molecule has 0 aliphatic heterocycles. The molecular formula is C34H30FN3O5. The van der Waals surface area contributed by atoms with Gasteiger partial charge in [0.05, 0.1) is 11.7 Å². The van der Waals surface area contributed by atoms with Crippen LogP contribution in [-0.4, -0.2) is 39.3 Å². The Morgan fingerprint density at radius 2 is 1.65 bits per heavy atom. The smallest absolute Gasteiger partial charge is 0.326 e. The number of nitrogens with zero attached hydrogens (tertiary/aromatic N) is 2. The molecule has 1 amide bonds. The summed E-state index contributed by atoms with van der Waals surface area (Å²) in [6.45, 7) is 5.86. The molecule has 5 rings (SSSR count). The summed E-state index contributed by atoms with van der Waals surface area (Å²) in [6, 6.07) is 24.9. The highest BCUT2D eigenvalue weighted by Gasteiger charge is 2.23. The zero-order valence-corrected chi connectivity index (χ0v) is 23.9. The van der Waals surface area contributed by atoms with Crippen LogP contribution in [0.15, 0.2) is 95.5 Å². The largest absolute Gasteiger partial charge is 0.491 e. The number of ether oxygens (including phenoxy) is 1. The molecule has 1 atom stereocenters. The van der Waals surface area contributed by atoms with Crippen LogP contribution in [-0.2, 0) is 11.2 Å². The number of carboxylic acids is 1. The third-order valence-corrected chi connectivity index (χ3v) is 6.73. The first-order valence-corrected chi connectivity index (χ1v) is 13.8. The molecular weight excluding hydrogens is 549 g/mol. The van der Waals surface area contributed by atoms with Crippen molar-refractivity contribution in [3.8, 4) is 39.7 Å². The van der Waals surface area contributed by atoms with Crippen molar-refractivity contribution in [3.05, 3.63) is 114 Å². The van der Waals surface area contributed by atoms with Crippen molar-refractivity contribution in [3.63, 3.8) is 0 Å². The summed E-state index contributed by atoms with van der Waals surface area (Å²) in [5.74, 6) is -1.36. The molecule has 0 bridgehead atoms. The van der Waals surface area contributed by atoms with Crippen LogP contribution >= 0.6 is 0 Å². The van der Waals surface area contributed by atoms with Gasteiger partial charge < -0.3 is 19.7 Å². The Balaban J connectivity index is 1.27. The van der Waals surface area contributed by atoms with Crippen molar-refractivity contribution in [2.24, 2.45) is 0 Å². The van der Waals surface area contributed by atoms with E-state index in [1.165, 1.54) is 12.1 Å². The van der Waals surface area contributed by atoms with Crippen LogP contribution in [0.5, 0.6) is 5.75 Å². The number of rotatable bonds is 10. The van der Waals surface area contributed by atoms with E-state index in [2.05, 4.69) is 15.5 Å². The van der Waals surface area contributed by atoms with E-state index in [-0.39, 0.29) is 29.8 Å². The van der Waals surface area contributed by atoms with E-state index in [1.54, 1.807) is 24.3 Å². The first kappa shape index (κ1) is 29.2. The van der Waals surface area contributed by atoms with E-state index < -0.39 is 23.7 Å². The average molecular weight is 580 g/mol. The lowest BCUT2D eigenvalue weighted by Gasteiger charge is -2.16. The fourth-order valence-corrected chi connectivity index (χ4v) is 4.53. The Morgan fingerprint density at radius 3 is 2.33 bits per heavy atom. The Labute approximate surface area is 248 Å². The van der Waals surface area contributed by atoms with Gasteiger partial charge in [-0.2, -0.15) is 4.98 Å². The molecule has 1 heterocycles. The maximum Gasteiger partial charge on any atom is 0.326 e. The van der Waals surface area contributed by atoms with Crippen molar-refractivity contribution >= 4 is 11.9 Å². The molecule has 1 aromatic heterocycles. The van der Waals surface area contributed by atoms with Crippen LogP contribution in [0.2, 0.25) is 0 Å². The summed E-state index contributed by atoms with van der Waals surface area (Å²) in [4.78, 5) is 29.4. The summed E-state index contributed by atoms with van der Waals surface area (Å²) in [7, 11) is 0. The van der Waals surface area contributed by atoms with Gasteiger partial charge >= 0.3 is 5.97 Å². The van der Waals surface area contributed by atoms with Crippen molar-refractivity contribution in [2.45, 2.75) is 39.3 Å². The number of benzene rings is 4. The zero-order valence-electron chi connectivity index (χ0n) is 23.9. The highest BCUT2D eigenvalue weighted by Crippen LogP contribution is 2.26. The molecule has 9 heteroatoms. The molecule has 4 aromatic carbocycles. The first-order chi connectivity index (χ1) is 20.7. The molecule has 5 aromatic rings. The summed E-state index contributed by atoms with van der Waals surface area (Å²) < 4.78 is 26.1. The predicted octanol–water partition coefficient (Wildman–Crippen LogP) is 6.73. The maximum atomic E-state index is 15.1. The molecule has 0 fully saturated rings. The van der Waals surface area contributed by atoms with Gasteiger partial charge in [-0.1, -0.05) is 53.2 Å². The zero-order chi connectivity index (χ0) is 30.5. The molecule has 0 saturated heterocycles. The molecule has 0 aliphatic rings.